The summed E-state index contributed by atoms with van der Waals surface area (Å²) in [5.74, 6) is 4.21. The molecule has 2 aromatic rings. The maximum atomic E-state index is 9.82. The summed E-state index contributed by atoms with van der Waals surface area (Å²) in [4.78, 5) is 1.94. The van der Waals surface area contributed by atoms with E-state index in [-0.39, 0.29) is 0 Å². The van der Waals surface area contributed by atoms with Gasteiger partial charge in [-0.2, -0.15) is 0 Å². The number of nitrogens with one attached hydrogen (secondary N) is 1. The first-order valence-electron chi connectivity index (χ1n) is 8.89. The van der Waals surface area contributed by atoms with E-state index in [2.05, 4.69) is 24.4 Å². The van der Waals surface area contributed by atoms with Crippen LogP contribution >= 0.6 is 0 Å². The minimum Gasteiger partial charge on any atom is -0.491 e. The van der Waals surface area contributed by atoms with Gasteiger partial charge in [0.05, 0.1) is 6.54 Å². The maximum absolute atomic E-state index is 9.82. The van der Waals surface area contributed by atoms with E-state index >= 15 is 0 Å². The highest BCUT2D eigenvalue weighted by Crippen LogP contribution is 2.47. The zero-order valence-electron chi connectivity index (χ0n) is 15.2. The highest BCUT2D eigenvalue weighted by molar-refractivity contribution is 5.46. The predicted molar refractivity (Wildman–Crippen MR) is 99.1 cm³/mol. The van der Waals surface area contributed by atoms with Crippen LogP contribution in [-0.4, -0.2) is 43.4 Å². The average molecular weight is 344 g/mol. The number of nitrogens with zero attached hydrogens (tertiary/aromatic N) is 1. The fourth-order valence-corrected chi connectivity index (χ4v) is 2.93. The lowest BCUT2D eigenvalue weighted by molar-refractivity contribution is 0.0831. The minimum absolute atomic E-state index is 0.291. The number of likely N-dealkylation sites (N-methyl/N-ethyl adjacent to an activating group) is 1. The largest absolute Gasteiger partial charge is 0.491 e. The van der Waals surface area contributed by atoms with E-state index in [0.717, 1.165) is 28.9 Å². The first-order chi connectivity index (χ1) is 12.0. The van der Waals surface area contributed by atoms with Crippen molar-refractivity contribution in [2.45, 2.75) is 31.9 Å². The van der Waals surface area contributed by atoms with Gasteiger partial charge in [-0.15, -0.1) is 0 Å². The molecule has 1 aromatic heterocycles. The molecule has 136 valence electrons. The van der Waals surface area contributed by atoms with E-state index in [0.29, 0.717) is 25.6 Å². The number of anilines is 1. The monoisotopic (exact) mass is 344 g/mol. The van der Waals surface area contributed by atoms with Crippen molar-refractivity contribution in [1.29, 1.82) is 0 Å². The van der Waals surface area contributed by atoms with E-state index in [1.54, 1.807) is 0 Å². The van der Waals surface area contributed by atoms with E-state index in [1.165, 1.54) is 6.42 Å². The third kappa shape index (κ3) is 5.25. The molecule has 5 nitrogen and oxygen atoms in total. The molecule has 0 amide bonds. The number of hydrogen-bond acceptors (Lipinski definition) is 5. The lowest BCUT2D eigenvalue weighted by Crippen LogP contribution is -2.30. The first kappa shape index (κ1) is 17.8. The first-order valence-corrected chi connectivity index (χ1v) is 8.89. The molecule has 3 unspecified atom stereocenters. The highest BCUT2D eigenvalue weighted by atomic mass is 16.5. The van der Waals surface area contributed by atoms with Crippen LogP contribution < -0.4 is 10.1 Å². The fourth-order valence-electron chi connectivity index (χ4n) is 2.93. The Morgan fingerprint density at radius 1 is 1.24 bits per heavy atom. The van der Waals surface area contributed by atoms with Gasteiger partial charge in [0.25, 0.3) is 0 Å². The van der Waals surface area contributed by atoms with Crippen LogP contribution in [0.1, 0.15) is 30.8 Å². The van der Waals surface area contributed by atoms with Crippen LogP contribution in [0, 0.1) is 5.92 Å². The number of hydrogen-bond donors (Lipinski definition) is 2. The third-order valence-electron chi connectivity index (χ3n) is 4.50. The number of benzene rings is 1. The second kappa shape index (κ2) is 7.93. The minimum atomic E-state index is -0.491. The molecule has 1 aliphatic rings. The van der Waals surface area contributed by atoms with Crippen molar-refractivity contribution >= 4 is 5.69 Å². The van der Waals surface area contributed by atoms with Gasteiger partial charge in [-0.05, 0) is 62.8 Å². The van der Waals surface area contributed by atoms with Crippen molar-refractivity contribution in [2.24, 2.45) is 5.92 Å². The van der Waals surface area contributed by atoms with Crippen LogP contribution in [0.15, 0.2) is 40.8 Å². The Hall–Kier alpha value is -1.98. The van der Waals surface area contributed by atoms with Gasteiger partial charge < -0.3 is 24.5 Å². The van der Waals surface area contributed by atoms with Gasteiger partial charge in [-0.1, -0.05) is 6.92 Å². The molecule has 1 heterocycles. The van der Waals surface area contributed by atoms with Crippen LogP contribution in [0.4, 0.5) is 5.69 Å². The van der Waals surface area contributed by atoms with Gasteiger partial charge in [0.2, 0.25) is 0 Å². The van der Waals surface area contributed by atoms with E-state index in [4.69, 9.17) is 9.15 Å². The molecular weight excluding hydrogens is 316 g/mol. The summed E-state index contributed by atoms with van der Waals surface area (Å²) in [6.45, 7) is 3.81. The van der Waals surface area contributed by atoms with Crippen molar-refractivity contribution < 1.29 is 14.3 Å². The van der Waals surface area contributed by atoms with Gasteiger partial charge >= 0.3 is 0 Å². The number of ether oxygens (including phenoxy) is 1. The van der Waals surface area contributed by atoms with Gasteiger partial charge in [-0.3, -0.25) is 0 Å². The molecule has 0 radical (unpaired) electrons. The molecule has 3 rings (SSSR count). The summed E-state index contributed by atoms with van der Waals surface area (Å²) in [6.07, 6.45) is 0.751. The van der Waals surface area contributed by atoms with Gasteiger partial charge in [0, 0.05) is 18.2 Å². The van der Waals surface area contributed by atoms with Crippen molar-refractivity contribution in [3.8, 4) is 5.75 Å². The van der Waals surface area contributed by atoms with Crippen LogP contribution in [0.3, 0.4) is 0 Å². The summed E-state index contributed by atoms with van der Waals surface area (Å²) >= 11 is 0. The molecular formula is C20H28N2O3. The number of furan rings is 1. The second-order valence-electron chi connectivity index (χ2n) is 7.23. The third-order valence-corrected chi connectivity index (χ3v) is 4.50. The molecule has 0 bridgehead atoms. The van der Waals surface area contributed by atoms with E-state index in [1.807, 2.05) is 43.3 Å². The Morgan fingerprint density at radius 3 is 2.60 bits per heavy atom. The average Bonchev–Trinajstić information content (AvgIpc) is 3.12. The van der Waals surface area contributed by atoms with Crippen LogP contribution in [0.5, 0.6) is 5.75 Å². The lowest BCUT2D eigenvalue weighted by Gasteiger charge is -2.16. The van der Waals surface area contributed by atoms with Crippen LogP contribution in [0.2, 0.25) is 0 Å². The normalized spacial score (nSPS) is 20.5. The SMILES string of the molecule is CC1CC1c1ccc(CNc2ccc(OCC(O)CN(C)C)cc2)o1. The smallest absolute Gasteiger partial charge is 0.123 e. The molecule has 3 atom stereocenters. The predicted octanol–water partition coefficient (Wildman–Crippen LogP) is 3.32. The Bertz CT molecular complexity index is 666. The molecule has 1 aromatic carbocycles. The van der Waals surface area contributed by atoms with Crippen molar-refractivity contribution in [1.82, 2.24) is 4.90 Å². The highest BCUT2D eigenvalue weighted by Gasteiger charge is 2.36. The van der Waals surface area contributed by atoms with Crippen LogP contribution in [0.25, 0.3) is 0 Å². The van der Waals surface area contributed by atoms with Gasteiger partial charge in [0.15, 0.2) is 0 Å². The summed E-state index contributed by atoms with van der Waals surface area (Å²) < 4.78 is 11.5. The number of aliphatic hydroxyl groups is 1. The van der Waals surface area contributed by atoms with Crippen molar-refractivity contribution in [3.63, 3.8) is 0 Å². The Kier molecular flexibility index (Phi) is 5.66. The number of aliphatic hydroxyl groups excluding tert-OH is 1. The van der Waals surface area contributed by atoms with Crippen LogP contribution in [-0.2, 0) is 6.54 Å². The Morgan fingerprint density at radius 2 is 1.96 bits per heavy atom. The summed E-state index contributed by atoms with van der Waals surface area (Å²) in [5, 5.41) is 13.2. The Balaban J connectivity index is 1.43. The molecule has 5 heteroatoms. The summed E-state index contributed by atoms with van der Waals surface area (Å²) in [6, 6.07) is 11.9. The van der Waals surface area contributed by atoms with Crippen molar-refractivity contribution in [3.05, 3.63) is 47.9 Å². The second-order valence-corrected chi connectivity index (χ2v) is 7.23. The number of rotatable bonds is 9. The topological polar surface area (TPSA) is 57.9 Å². The maximum Gasteiger partial charge on any atom is 0.123 e. The van der Waals surface area contributed by atoms with Gasteiger partial charge in [0.1, 0.15) is 30.0 Å². The quantitative estimate of drug-likeness (QED) is 0.731. The zero-order valence-corrected chi connectivity index (χ0v) is 15.2. The standard InChI is InChI=1S/C20H28N2O3/c1-14-10-19(14)20-9-8-18(25-20)11-21-15-4-6-17(7-5-15)24-13-16(23)12-22(2)3/h4-9,14,16,19,21,23H,10-13H2,1-3H3. The van der Waals surface area contributed by atoms with Gasteiger partial charge in [-0.25, -0.2) is 0 Å². The molecule has 2 N–H and O–H groups in total. The zero-order chi connectivity index (χ0) is 17.8. The van der Waals surface area contributed by atoms with E-state index in [9.17, 15) is 5.11 Å². The lowest BCUT2D eigenvalue weighted by atomic mass is 10.3. The molecule has 1 fully saturated rings. The molecule has 0 spiro atoms. The summed E-state index contributed by atoms with van der Waals surface area (Å²) in [5.41, 5.74) is 1.01. The fraction of sp³-hybridized carbons (Fsp3) is 0.500. The molecule has 25 heavy (non-hydrogen) atoms. The molecule has 1 saturated carbocycles. The Labute approximate surface area is 149 Å². The summed E-state index contributed by atoms with van der Waals surface area (Å²) in [7, 11) is 3.85. The molecule has 1 aliphatic carbocycles. The van der Waals surface area contributed by atoms with E-state index < -0.39 is 6.10 Å². The van der Waals surface area contributed by atoms with Crippen molar-refractivity contribution in [2.75, 3.05) is 32.6 Å². The molecule has 0 saturated heterocycles. The molecule has 0 aliphatic heterocycles.